The van der Waals surface area contributed by atoms with Crippen LogP contribution in [0.25, 0.3) is 0 Å². The summed E-state index contributed by atoms with van der Waals surface area (Å²) in [7, 11) is 7.87. The van der Waals surface area contributed by atoms with Crippen LogP contribution in [0.4, 0.5) is 0 Å². The van der Waals surface area contributed by atoms with Crippen molar-refractivity contribution in [1.29, 1.82) is 0 Å². The first kappa shape index (κ1) is 31.2. The molecule has 42 heavy (non-hydrogen) atoms. The quantitative estimate of drug-likeness (QED) is 0.351. The van der Waals surface area contributed by atoms with Crippen LogP contribution >= 0.6 is 0 Å². The summed E-state index contributed by atoms with van der Waals surface area (Å²) in [6, 6.07) is 10.1. The van der Waals surface area contributed by atoms with Gasteiger partial charge in [-0.15, -0.1) is 0 Å². The van der Waals surface area contributed by atoms with Crippen molar-refractivity contribution in [2.45, 2.75) is 37.8 Å². The third-order valence-electron chi connectivity index (χ3n) is 8.48. The van der Waals surface area contributed by atoms with Gasteiger partial charge < -0.3 is 29.8 Å². The van der Waals surface area contributed by atoms with E-state index in [1.54, 1.807) is 46.5 Å². The second-order valence-corrected chi connectivity index (χ2v) is 11.5. The summed E-state index contributed by atoms with van der Waals surface area (Å²) < 4.78 is 0. The number of aliphatic imine (C=N–C) groups is 2. The Morgan fingerprint density at radius 2 is 1.10 bits per heavy atom. The third-order valence-corrected chi connectivity index (χ3v) is 8.48. The largest absolute Gasteiger partial charge is 0.507 e. The topological polar surface area (TPSA) is 112 Å². The van der Waals surface area contributed by atoms with Crippen LogP contribution in [0.15, 0.2) is 46.4 Å². The molecule has 2 aliphatic rings. The number of aromatic hydroxyl groups is 2. The Morgan fingerprint density at radius 1 is 0.738 bits per heavy atom. The van der Waals surface area contributed by atoms with Gasteiger partial charge in [-0.05, 0) is 102 Å². The zero-order chi connectivity index (χ0) is 30.2. The summed E-state index contributed by atoms with van der Waals surface area (Å²) in [6.07, 6.45) is 6.87. The molecule has 0 bridgehead atoms. The van der Waals surface area contributed by atoms with Crippen molar-refractivity contribution in [1.82, 2.24) is 19.6 Å². The van der Waals surface area contributed by atoms with Crippen LogP contribution in [0.3, 0.4) is 0 Å². The van der Waals surface area contributed by atoms with Gasteiger partial charge in [-0.1, -0.05) is 0 Å². The first-order valence-corrected chi connectivity index (χ1v) is 14.7. The first-order valence-electron chi connectivity index (χ1n) is 14.7. The molecule has 0 aliphatic carbocycles. The maximum atomic E-state index is 13.1. The average molecular weight is 577 g/mol. The van der Waals surface area contributed by atoms with Gasteiger partial charge in [-0.3, -0.25) is 19.6 Å². The molecule has 0 radical (unpaired) electrons. The summed E-state index contributed by atoms with van der Waals surface area (Å²) in [6.45, 7) is 4.58. The molecule has 226 valence electrons. The van der Waals surface area contributed by atoms with Crippen molar-refractivity contribution in [2.75, 3.05) is 67.5 Å². The number of carbonyl (C=O) groups excluding carboxylic acids is 2. The van der Waals surface area contributed by atoms with Crippen LogP contribution in [0.1, 0.15) is 57.5 Å². The van der Waals surface area contributed by atoms with Crippen molar-refractivity contribution in [3.8, 4) is 11.5 Å². The molecule has 0 spiro atoms. The molecule has 2 aromatic rings. The zero-order valence-corrected chi connectivity index (χ0v) is 25.2. The number of carbonyl (C=O) groups is 2. The molecule has 2 heterocycles. The Morgan fingerprint density at radius 3 is 1.45 bits per heavy atom. The van der Waals surface area contributed by atoms with E-state index in [2.05, 4.69) is 33.9 Å². The standard InChI is InChI=1S/C32H44N6O4/c1-35-15-9-27(10-16-35)37(3)31(41)23-5-7-29(39)25(19-23)21-33-13-14-34-22-26-20-24(6-8-30(26)40)32(42)38(4)28-11-17-36(2)18-12-28/h5-8,19-22,27-28,39-40H,9-18H2,1-4H3. The second-order valence-electron chi connectivity index (χ2n) is 11.5. The molecule has 10 heteroatoms. The highest BCUT2D eigenvalue weighted by Gasteiger charge is 2.26. The molecule has 2 saturated heterocycles. The molecular weight excluding hydrogens is 532 g/mol. The molecule has 2 aliphatic heterocycles. The Bertz CT molecular complexity index is 1200. The van der Waals surface area contributed by atoms with Crippen LogP contribution in [0, 0.1) is 0 Å². The Hall–Kier alpha value is -3.76. The lowest BCUT2D eigenvalue weighted by molar-refractivity contribution is 0.0652. The maximum Gasteiger partial charge on any atom is 0.253 e. The zero-order valence-electron chi connectivity index (χ0n) is 25.2. The van der Waals surface area contributed by atoms with Crippen LogP contribution in [0.2, 0.25) is 0 Å². The van der Waals surface area contributed by atoms with Gasteiger partial charge in [0.05, 0.1) is 13.1 Å². The molecule has 0 aromatic heterocycles. The normalized spacial score (nSPS) is 17.7. The molecule has 2 aromatic carbocycles. The number of amides is 2. The number of rotatable bonds is 9. The molecule has 4 rings (SSSR count). The number of piperidine rings is 2. The first-order chi connectivity index (χ1) is 20.1. The van der Waals surface area contributed by atoms with E-state index in [0.717, 1.165) is 51.9 Å². The average Bonchev–Trinajstić information content (AvgIpc) is 2.99. The van der Waals surface area contributed by atoms with E-state index in [0.29, 0.717) is 35.3 Å². The Balaban J connectivity index is 1.31. The minimum Gasteiger partial charge on any atom is -0.507 e. The molecule has 2 amide bonds. The monoisotopic (exact) mass is 576 g/mol. The minimum absolute atomic E-state index is 0.0531. The maximum absolute atomic E-state index is 13.1. The lowest BCUT2D eigenvalue weighted by atomic mass is 10.0. The lowest BCUT2D eigenvalue weighted by Crippen LogP contribution is -2.44. The number of hydrogen-bond acceptors (Lipinski definition) is 8. The third kappa shape index (κ3) is 7.95. The summed E-state index contributed by atoms with van der Waals surface area (Å²) in [4.78, 5) is 43.1. The molecule has 0 unspecified atom stereocenters. The van der Waals surface area contributed by atoms with Crippen LogP contribution in [-0.4, -0.2) is 134 Å². The van der Waals surface area contributed by atoms with E-state index in [1.165, 1.54) is 12.1 Å². The molecule has 0 saturated carbocycles. The summed E-state index contributed by atoms with van der Waals surface area (Å²) in [5, 5.41) is 20.6. The molecule has 2 fully saturated rings. The van der Waals surface area contributed by atoms with Gasteiger partial charge in [-0.25, -0.2) is 0 Å². The minimum atomic E-state index is -0.0677. The molecule has 2 N–H and O–H groups in total. The Kier molecular flexibility index (Phi) is 10.7. The fourth-order valence-electron chi connectivity index (χ4n) is 5.53. The van der Waals surface area contributed by atoms with Gasteiger partial charge in [0.1, 0.15) is 11.5 Å². The van der Waals surface area contributed by atoms with Gasteiger partial charge >= 0.3 is 0 Å². The Labute approximate surface area is 249 Å². The van der Waals surface area contributed by atoms with Crippen LogP contribution < -0.4 is 0 Å². The van der Waals surface area contributed by atoms with Crippen LogP contribution in [0.5, 0.6) is 11.5 Å². The fraction of sp³-hybridized carbons (Fsp3) is 0.500. The number of phenols is 2. The van der Waals surface area contributed by atoms with Crippen molar-refractivity contribution in [3.63, 3.8) is 0 Å². The molecule has 10 nitrogen and oxygen atoms in total. The van der Waals surface area contributed by atoms with E-state index < -0.39 is 0 Å². The highest BCUT2D eigenvalue weighted by Crippen LogP contribution is 2.22. The van der Waals surface area contributed by atoms with Gasteiger partial charge in [0.2, 0.25) is 0 Å². The number of hydrogen-bond donors (Lipinski definition) is 2. The SMILES string of the molecule is CN1CCC(N(C)C(=O)c2ccc(O)c(C=NCCN=Cc3cc(C(=O)N(C)C4CCN(C)CC4)ccc3O)c2)CC1. The second kappa shape index (κ2) is 14.4. The van der Waals surface area contributed by atoms with Gasteiger partial charge in [0.25, 0.3) is 11.8 Å². The van der Waals surface area contributed by atoms with E-state index in [9.17, 15) is 19.8 Å². The predicted molar refractivity (Wildman–Crippen MR) is 166 cm³/mol. The number of benzene rings is 2. The van der Waals surface area contributed by atoms with Gasteiger partial charge in [-0.2, -0.15) is 0 Å². The van der Waals surface area contributed by atoms with E-state index in [-0.39, 0.29) is 35.4 Å². The lowest BCUT2D eigenvalue weighted by Gasteiger charge is -2.35. The molecule has 0 atom stereocenters. The number of phenolic OH excluding ortho intramolecular Hbond substituents is 2. The van der Waals surface area contributed by atoms with Crippen molar-refractivity contribution < 1.29 is 19.8 Å². The van der Waals surface area contributed by atoms with Crippen LogP contribution in [-0.2, 0) is 0 Å². The van der Waals surface area contributed by atoms with E-state index >= 15 is 0 Å². The van der Waals surface area contributed by atoms with Crippen molar-refractivity contribution >= 4 is 24.2 Å². The highest BCUT2D eigenvalue weighted by atomic mass is 16.3. The number of nitrogens with zero attached hydrogens (tertiary/aromatic N) is 6. The van der Waals surface area contributed by atoms with E-state index in [4.69, 9.17) is 0 Å². The highest BCUT2D eigenvalue weighted by molar-refractivity contribution is 5.98. The van der Waals surface area contributed by atoms with Gasteiger partial charge in [0, 0.05) is 60.9 Å². The van der Waals surface area contributed by atoms with Crippen molar-refractivity contribution in [3.05, 3.63) is 58.7 Å². The molecular formula is C32H44N6O4. The van der Waals surface area contributed by atoms with Crippen molar-refractivity contribution in [2.24, 2.45) is 9.98 Å². The fourth-order valence-corrected chi connectivity index (χ4v) is 5.53. The summed E-state index contributed by atoms with van der Waals surface area (Å²) >= 11 is 0. The summed E-state index contributed by atoms with van der Waals surface area (Å²) in [5.74, 6) is -0.0292. The summed E-state index contributed by atoms with van der Waals surface area (Å²) in [5.41, 5.74) is 1.97. The van der Waals surface area contributed by atoms with E-state index in [1.807, 2.05) is 14.1 Å². The number of likely N-dealkylation sites (tertiary alicyclic amines) is 2. The smallest absolute Gasteiger partial charge is 0.253 e. The predicted octanol–water partition coefficient (Wildman–Crippen LogP) is 2.97. The van der Waals surface area contributed by atoms with Gasteiger partial charge in [0.15, 0.2) is 0 Å².